The van der Waals surface area contributed by atoms with Gasteiger partial charge in [-0.05, 0) is 25.0 Å². The molecular weight excluding hydrogens is 263 g/mol. The molecule has 20 heavy (non-hydrogen) atoms. The van der Waals surface area contributed by atoms with E-state index in [9.17, 15) is 14.3 Å². The van der Waals surface area contributed by atoms with Gasteiger partial charge in [0.1, 0.15) is 11.6 Å². The fourth-order valence-corrected chi connectivity index (χ4v) is 2.38. The normalized spacial score (nSPS) is 22.1. The number of aliphatic hydroxyl groups excluding tert-OH is 1. The second kappa shape index (κ2) is 6.56. The summed E-state index contributed by atoms with van der Waals surface area (Å²) in [7, 11) is 1.45. The van der Waals surface area contributed by atoms with Crippen LogP contribution < -0.4 is 15.4 Å². The summed E-state index contributed by atoms with van der Waals surface area (Å²) in [4.78, 5) is 11.9. The first-order valence-electron chi connectivity index (χ1n) is 6.69. The lowest BCUT2D eigenvalue weighted by molar-refractivity contribution is 0.0955. The van der Waals surface area contributed by atoms with E-state index < -0.39 is 18.0 Å². The highest BCUT2D eigenvalue weighted by atomic mass is 19.1. The molecule has 0 aromatic heterocycles. The summed E-state index contributed by atoms with van der Waals surface area (Å²) >= 11 is 0. The van der Waals surface area contributed by atoms with Gasteiger partial charge in [-0.15, -0.1) is 0 Å². The minimum Gasteiger partial charge on any atom is -0.495 e. The zero-order chi connectivity index (χ0) is 14.5. The third kappa shape index (κ3) is 3.60. The van der Waals surface area contributed by atoms with Gasteiger partial charge < -0.3 is 20.5 Å². The van der Waals surface area contributed by atoms with Crippen LogP contribution in [0.3, 0.4) is 0 Å². The van der Waals surface area contributed by atoms with Crippen LogP contribution in [0.4, 0.5) is 14.9 Å². The maximum absolute atomic E-state index is 13.2. The standard InChI is InChI=1S/C14H19FN2O3/c1-20-13-7-6-9(15)8-11(13)17-14(19)16-10-4-2-3-5-12(10)18/h6-8,10,12,18H,2-5H2,1H3,(H2,16,17,19). The minimum absolute atomic E-state index is 0.260. The maximum atomic E-state index is 13.2. The molecule has 3 N–H and O–H groups in total. The van der Waals surface area contributed by atoms with Crippen molar-refractivity contribution in [3.8, 4) is 5.75 Å². The van der Waals surface area contributed by atoms with Crippen molar-refractivity contribution in [3.05, 3.63) is 24.0 Å². The molecule has 0 heterocycles. The summed E-state index contributed by atoms with van der Waals surface area (Å²) in [5, 5.41) is 15.1. The quantitative estimate of drug-likeness (QED) is 0.796. The number of benzene rings is 1. The van der Waals surface area contributed by atoms with Crippen molar-refractivity contribution in [2.75, 3.05) is 12.4 Å². The molecule has 5 nitrogen and oxygen atoms in total. The lowest BCUT2D eigenvalue weighted by Gasteiger charge is -2.28. The molecule has 1 fully saturated rings. The number of anilines is 1. The van der Waals surface area contributed by atoms with Crippen molar-refractivity contribution in [1.82, 2.24) is 5.32 Å². The Morgan fingerprint density at radius 3 is 2.85 bits per heavy atom. The Bertz CT molecular complexity index is 481. The number of methoxy groups -OCH3 is 1. The molecule has 1 aromatic carbocycles. The van der Waals surface area contributed by atoms with E-state index in [4.69, 9.17) is 4.74 Å². The fraction of sp³-hybridized carbons (Fsp3) is 0.500. The Labute approximate surface area is 117 Å². The molecule has 1 aliphatic rings. The highest BCUT2D eigenvalue weighted by Crippen LogP contribution is 2.25. The van der Waals surface area contributed by atoms with Gasteiger partial charge in [-0.1, -0.05) is 12.8 Å². The predicted molar refractivity (Wildman–Crippen MR) is 73.4 cm³/mol. The summed E-state index contributed by atoms with van der Waals surface area (Å²) in [6, 6.07) is 3.16. The summed E-state index contributed by atoms with van der Waals surface area (Å²) in [5.41, 5.74) is 0.260. The van der Waals surface area contributed by atoms with Crippen molar-refractivity contribution in [3.63, 3.8) is 0 Å². The number of rotatable bonds is 3. The van der Waals surface area contributed by atoms with Gasteiger partial charge in [0.15, 0.2) is 0 Å². The molecule has 1 aromatic rings. The van der Waals surface area contributed by atoms with Gasteiger partial charge in [0.05, 0.1) is 24.9 Å². The Balaban J connectivity index is 1.99. The smallest absolute Gasteiger partial charge is 0.319 e. The molecular formula is C14H19FN2O3. The van der Waals surface area contributed by atoms with Crippen LogP contribution in [-0.4, -0.2) is 30.4 Å². The topological polar surface area (TPSA) is 70.6 Å². The van der Waals surface area contributed by atoms with Crippen LogP contribution in [0.1, 0.15) is 25.7 Å². The second-order valence-electron chi connectivity index (χ2n) is 4.90. The number of carbonyl (C=O) groups is 1. The highest BCUT2D eigenvalue weighted by molar-refractivity contribution is 5.91. The van der Waals surface area contributed by atoms with Crippen LogP contribution in [0.25, 0.3) is 0 Å². The lowest BCUT2D eigenvalue weighted by atomic mass is 9.93. The number of carbonyl (C=O) groups excluding carboxylic acids is 1. The molecule has 2 rings (SSSR count). The van der Waals surface area contributed by atoms with Crippen molar-refractivity contribution in [2.24, 2.45) is 0 Å². The number of urea groups is 1. The van der Waals surface area contributed by atoms with Crippen LogP contribution in [0, 0.1) is 5.82 Å². The van der Waals surface area contributed by atoms with Crippen LogP contribution in [-0.2, 0) is 0 Å². The van der Waals surface area contributed by atoms with Gasteiger partial charge in [0, 0.05) is 6.07 Å². The molecule has 2 amide bonds. The molecule has 0 bridgehead atoms. The SMILES string of the molecule is COc1ccc(F)cc1NC(=O)NC1CCCCC1O. The Morgan fingerprint density at radius 1 is 1.40 bits per heavy atom. The minimum atomic E-state index is -0.524. The first-order chi connectivity index (χ1) is 9.60. The van der Waals surface area contributed by atoms with Crippen LogP contribution in [0.2, 0.25) is 0 Å². The molecule has 0 radical (unpaired) electrons. The van der Waals surface area contributed by atoms with E-state index in [1.807, 2.05) is 0 Å². The molecule has 6 heteroatoms. The van der Waals surface area contributed by atoms with Crippen molar-refractivity contribution in [1.29, 1.82) is 0 Å². The van der Waals surface area contributed by atoms with Crippen LogP contribution in [0.15, 0.2) is 18.2 Å². The highest BCUT2D eigenvalue weighted by Gasteiger charge is 2.24. The summed E-state index contributed by atoms with van der Waals surface area (Å²) < 4.78 is 18.2. The van der Waals surface area contributed by atoms with Gasteiger partial charge >= 0.3 is 6.03 Å². The zero-order valence-corrected chi connectivity index (χ0v) is 11.4. The average molecular weight is 282 g/mol. The molecule has 0 saturated heterocycles. The maximum Gasteiger partial charge on any atom is 0.319 e. The number of aliphatic hydroxyl groups is 1. The summed E-state index contributed by atoms with van der Waals surface area (Å²) in [5.74, 6) is -0.0791. The van der Waals surface area contributed by atoms with Gasteiger partial charge in [-0.3, -0.25) is 0 Å². The third-order valence-electron chi connectivity index (χ3n) is 3.46. The third-order valence-corrected chi connectivity index (χ3v) is 3.46. The van der Waals surface area contributed by atoms with E-state index in [-0.39, 0.29) is 11.7 Å². The largest absolute Gasteiger partial charge is 0.495 e. The molecule has 2 unspecified atom stereocenters. The Hall–Kier alpha value is -1.82. The first-order valence-corrected chi connectivity index (χ1v) is 6.69. The van der Waals surface area contributed by atoms with Gasteiger partial charge in [0.2, 0.25) is 0 Å². The molecule has 0 spiro atoms. The van der Waals surface area contributed by atoms with E-state index in [0.29, 0.717) is 12.2 Å². The molecule has 1 saturated carbocycles. The Kier molecular flexibility index (Phi) is 4.79. The van der Waals surface area contributed by atoms with Crippen LogP contribution >= 0.6 is 0 Å². The van der Waals surface area contributed by atoms with E-state index in [0.717, 1.165) is 19.3 Å². The molecule has 0 aliphatic heterocycles. The summed E-state index contributed by atoms with van der Waals surface area (Å²) in [6.07, 6.45) is 2.86. The number of halogens is 1. The number of ether oxygens (including phenoxy) is 1. The molecule has 1 aliphatic carbocycles. The van der Waals surface area contributed by atoms with Crippen LogP contribution in [0.5, 0.6) is 5.75 Å². The average Bonchev–Trinajstić information content (AvgIpc) is 2.41. The van der Waals surface area contributed by atoms with Gasteiger partial charge in [0.25, 0.3) is 0 Å². The lowest BCUT2D eigenvalue weighted by Crippen LogP contribution is -2.46. The Morgan fingerprint density at radius 2 is 2.15 bits per heavy atom. The monoisotopic (exact) mass is 282 g/mol. The number of hydrogen-bond acceptors (Lipinski definition) is 3. The van der Waals surface area contributed by atoms with Crippen molar-refractivity contribution >= 4 is 11.7 Å². The van der Waals surface area contributed by atoms with E-state index >= 15 is 0 Å². The van der Waals surface area contributed by atoms with E-state index in [1.54, 1.807) is 0 Å². The van der Waals surface area contributed by atoms with E-state index in [1.165, 1.54) is 25.3 Å². The summed E-state index contributed by atoms with van der Waals surface area (Å²) in [6.45, 7) is 0. The predicted octanol–water partition coefficient (Wildman–Crippen LogP) is 2.26. The molecule has 2 atom stereocenters. The number of nitrogens with one attached hydrogen (secondary N) is 2. The first kappa shape index (κ1) is 14.6. The number of amides is 2. The van der Waals surface area contributed by atoms with Gasteiger partial charge in [-0.2, -0.15) is 0 Å². The van der Waals surface area contributed by atoms with Crippen molar-refractivity contribution in [2.45, 2.75) is 37.8 Å². The van der Waals surface area contributed by atoms with Gasteiger partial charge in [-0.25, -0.2) is 9.18 Å². The number of hydrogen-bond donors (Lipinski definition) is 3. The molecule has 110 valence electrons. The zero-order valence-electron chi connectivity index (χ0n) is 11.4. The van der Waals surface area contributed by atoms with Crippen molar-refractivity contribution < 1.29 is 19.0 Å². The second-order valence-corrected chi connectivity index (χ2v) is 4.90. The van der Waals surface area contributed by atoms with E-state index in [2.05, 4.69) is 10.6 Å². The fourth-order valence-electron chi connectivity index (χ4n) is 2.38.